The van der Waals surface area contributed by atoms with E-state index in [0.717, 1.165) is 66.8 Å². The van der Waals surface area contributed by atoms with Gasteiger partial charge in [0, 0.05) is 17.3 Å². The number of ether oxygens (including phenoxy) is 2. The molecular weight excluding hydrogens is 254 g/mol. The second kappa shape index (κ2) is 6.98. The molecule has 0 heterocycles. The Bertz CT molecular complexity index is 508. The van der Waals surface area contributed by atoms with Gasteiger partial charge in [0.05, 0.1) is 19.9 Å². The number of anilines is 1. The van der Waals surface area contributed by atoms with Crippen molar-refractivity contribution in [3.8, 4) is 11.5 Å². The molecule has 20 heavy (non-hydrogen) atoms. The maximum Gasteiger partial charge on any atom is 0.147 e. The van der Waals surface area contributed by atoms with Crippen molar-refractivity contribution in [2.45, 2.75) is 32.1 Å². The van der Waals surface area contributed by atoms with Crippen molar-refractivity contribution < 1.29 is 14.3 Å². The standard InChI is InChI=1S/C16H21NO3/c1-19-13-8-9-16(20-2)15(10-13)17-14-7-5-3-4-6-12(14)11-18/h8-11,17H,3-7H2,1-2H3. The lowest BCUT2D eigenvalue weighted by Crippen LogP contribution is -2.05. The van der Waals surface area contributed by atoms with Crippen LogP contribution in [0.15, 0.2) is 29.5 Å². The van der Waals surface area contributed by atoms with Crippen LogP contribution in [0.25, 0.3) is 0 Å². The normalized spacial score (nSPS) is 15.5. The molecule has 0 unspecified atom stereocenters. The van der Waals surface area contributed by atoms with E-state index < -0.39 is 0 Å². The van der Waals surface area contributed by atoms with Gasteiger partial charge >= 0.3 is 0 Å². The number of rotatable bonds is 5. The van der Waals surface area contributed by atoms with E-state index in [1.165, 1.54) is 0 Å². The molecule has 1 aromatic rings. The summed E-state index contributed by atoms with van der Waals surface area (Å²) in [5.74, 6) is 1.50. The van der Waals surface area contributed by atoms with Gasteiger partial charge in [-0.05, 0) is 37.8 Å². The molecule has 0 atom stereocenters. The van der Waals surface area contributed by atoms with Gasteiger partial charge in [0.25, 0.3) is 0 Å². The number of benzene rings is 1. The predicted octanol–water partition coefficient (Wildman–Crippen LogP) is 3.53. The van der Waals surface area contributed by atoms with E-state index in [4.69, 9.17) is 9.47 Å². The van der Waals surface area contributed by atoms with E-state index in [1.807, 2.05) is 18.2 Å². The maximum absolute atomic E-state index is 11.2. The fourth-order valence-corrected chi connectivity index (χ4v) is 2.45. The Morgan fingerprint density at radius 3 is 2.60 bits per heavy atom. The van der Waals surface area contributed by atoms with Crippen molar-refractivity contribution in [2.75, 3.05) is 19.5 Å². The highest BCUT2D eigenvalue weighted by Gasteiger charge is 2.13. The van der Waals surface area contributed by atoms with E-state index in [9.17, 15) is 4.79 Å². The number of carbonyl (C=O) groups excluding carboxylic acids is 1. The summed E-state index contributed by atoms with van der Waals surface area (Å²) in [7, 11) is 3.27. The second-order valence-corrected chi connectivity index (χ2v) is 4.87. The van der Waals surface area contributed by atoms with Gasteiger partial charge in [-0.1, -0.05) is 6.42 Å². The topological polar surface area (TPSA) is 47.6 Å². The lowest BCUT2D eigenvalue weighted by molar-refractivity contribution is -0.105. The summed E-state index contributed by atoms with van der Waals surface area (Å²) < 4.78 is 10.6. The van der Waals surface area contributed by atoms with Gasteiger partial charge in [0.2, 0.25) is 0 Å². The molecular formula is C16H21NO3. The van der Waals surface area contributed by atoms with Crippen LogP contribution in [0.1, 0.15) is 32.1 Å². The zero-order valence-electron chi connectivity index (χ0n) is 12.1. The molecule has 1 aliphatic rings. The Hall–Kier alpha value is -1.97. The number of hydrogen-bond acceptors (Lipinski definition) is 4. The van der Waals surface area contributed by atoms with Gasteiger partial charge in [0.15, 0.2) is 0 Å². The van der Waals surface area contributed by atoms with E-state index >= 15 is 0 Å². The summed E-state index contributed by atoms with van der Waals surface area (Å²) in [5, 5.41) is 3.36. The molecule has 0 spiro atoms. The Balaban J connectivity index is 2.31. The van der Waals surface area contributed by atoms with Crippen LogP contribution in [0, 0.1) is 0 Å². The van der Waals surface area contributed by atoms with Crippen LogP contribution in [-0.2, 0) is 4.79 Å². The van der Waals surface area contributed by atoms with Crippen LogP contribution in [0.4, 0.5) is 5.69 Å². The molecule has 1 aliphatic carbocycles. The SMILES string of the molecule is COc1ccc(OC)c(NC2=C(C=O)CCCCC2)c1. The van der Waals surface area contributed by atoms with Crippen molar-refractivity contribution in [3.63, 3.8) is 0 Å². The smallest absolute Gasteiger partial charge is 0.147 e. The van der Waals surface area contributed by atoms with Gasteiger partial charge in [-0.15, -0.1) is 0 Å². The van der Waals surface area contributed by atoms with Gasteiger partial charge in [0.1, 0.15) is 17.8 Å². The first kappa shape index (κ1) is 14.4. The van der Waals surface area contributed by atoms with Crippen molar-refractivity contribution >= 4 is 12.0 Å². The van der Waals surface area contributed by atoms with Crippen LogP contribution in [0.2, 0.25) is 0 Å². The van der Waals surface area contributed by atoms with E-state index in [0.29, 0.717) is 0 Å². The average Bonchev–Trinajstić information content (AvgIpc) is 2.72. The number of aldehydes is 1. The van der Waals surface area contributed by atoms with E-state index in [1.54, 1.807) is 14.2 Å². The minimum Gasteiger partial charge on any atom is -0.497 e. The lowest BCUT2D eigenvalue weighted by Gasteiger charge is -2.16. The summed E-state index contributed by atoms with van der Waals surface area (Å²) in [6, 6.07) is 5.60. The van der Waals surface area contributed by atoms with Crippen molar-refractivity contribution in [3.05, 3.63) is 29.5 Å². The predicted molar refractivity (Wildman–Crippen MR) is 79.3 cm³/mol. The summed E-state index contributed by atoms with van der Waals surface area (Å²) in [6.45, 7) is 0. The molecule has 1 N–H and O–H groups in total. The Labute approximate surface area is 119 Å². The molecule has 1 aromatic carbocycles. The van der Waals surface area contributed by atoms with Crippen LogP contribution in [-0.4, -0.2) is 20.5 Å². The van der Waals surface area contributed by atoms with Crippen LogP contribution < -0.4 is 14.8 Å². The highest BCUT2D eigenvalue weighted by Crippen LogP contribution is 2.32. The first-order chi connectivity index (χ1) is 9.78. The molecule has 4 heteroatoms. The molecule has 0 radical (unpaired) electrons. The second-order valence-electron chi connectivity index (χ2n) is 4.87. The third-order valence-corrected chi connectivity index (χ3v) is 3.59. The zero-order valence-corrected chi connectivity index (χ0v) is 12.1. The molecule has 0 aliphatic heterocycles. The number of carbonyl (C=O) groups is 1. The molecule has 0 fully saturated rings. The Morgan fingerprint density at radius 2 is 1.90 bits per heavy atom. The fourth-order valence-electron chi connectivity index (χ4n) is 2.45. The van der Waals surface area contributed by atoms with Crippen LogP contribution in [0.5, 0.6) is 11.5 Å². The molecule has 0 amide bonds. The first-order valence-corrected chi connectivity index (χ1v) is 6.94. The molecule has 0 aromatic heterocycles. The average molecular weight is 275 g/mol. The quantitative estimate of drug-likeness (QED) is 0.835. The maximum atomic E-state index is 11.2. The molecule has 0 saturated heterocycles. The summed E-state index contributed by atoms with van der Waals surface area (Å²) in [4.78, 5) is 11.2. The van der Waals surface area contributed by atoms with Crippen molar-refractivity contribution in [1.82, 2.24) is 0 Å². The van der Waals surface area contributed by atoms with Gasteiger partial charge in [-0.2, -0.15) is 0 Å². The molecule has 0 saturated carbocycles. The van der Waals surface area contributed by atoms with Gasteiger partial charge < -0.3 is 14.8 Å². The molecule has 0 bridgehead atoms. The number of nitrogens with one attached hydrogen (secondary N) is 1. The fraction of sp³-hybridized carbons (Fsp3) is 0.438. The number of allylic oxidation sites excluding steroid dienone is 2. The largest absolute Gasteiger partial charge is 0.497 e. The number of methoxy groups -OCH3 is 2. The third-order valence-electron chi connectivity index (χ3n) is 3.59. The monoisotopic (exact) mass is 275 g/mol. The van der Waals surface area contributed by atoms with E-state index in [2.05, 4.69) is 5.32 Å². The summed E-state index contributed by atoms with van der Waals surface area (Å²) in [6.07, 6.45) is 6.06. The van der Waals surface area contributed by atoms with Crippen LogP contribution in [0.3, 0.4) is 0 Å². The Morgan fingerprint density at radius 1 is 1.10 bits per heavy atom. The summed E-state index contributed by atoms with van der Waals surface area (Å²) >= 11 is 0. The molecule has 4 nitrogen and oxygen atoms in total. The minimum absolute atomic E-state index is 0.743. The lowest BCUT2D eigenvalue weighted by atomic mass is 10.1. The zero-order chi connectivity index (χ0) is 14.4. The molecule has 2 rings (SSSR count). The van der Waals surface area contributed by atoms with E-state index in [-0.39, 0.29) is 0 Å². The van der Waals surface area contributed by atoms with Crippen molar-refractivity contribution in [2.24, 2.45) is 0 Å². The van der Waals surface area contributed by atoms with Gasteiger partial charge in [-0.3, -0.25) is 4.79 Å². The first-order valence-electron chi connectivity index (χ1n) is 6.94. The minimum atomic E-state index is 0.743. The van der Waals surface area contributed by atoms with Crippen LogP contribution >= 0.6 is 0 Å². The molecule has 108 valence electrons. The highest BCUT2D eigenvalue weighted by atomic mass is 16.5. The van der Waals surface area contributed by atoms with Gasteiger partial charge in [-0.25, -0.2) is 0 Å². The Kier molecular flexibility index (Phi) is 5.04. The highest BCUT2D eigenvalue weighted by molar-refractivity contribution is 5.77. The van der Waals surface area contributed by atoms with Crippen molar-refractivity contribution in [1.29, 1.82) is 0 Å². The third kappa shape index (κ3) is 3.32. The number of hydrogen-bond donors (Lipinski definition) is 1. The summed E-state index contributed by atoms with van der Waals surface area (Å²) in [5.41, 5.74) is 2.71.